The third-order valence-corrected chi connectivity index (χ3v) is 4.01. The first-order valence-corrected chi connectivity index (χ1v) is 7.50. The van der Waals surface area contributed by atoms with Crippen LogP contribution in [-0.4, -0.2) is 16.5 Å². The largest absolute Gasteiger partial charge is 0.340 e. The van der Waals surface area contributed by atoms with Gasteiger partial charge in [-0.25, -0.2) is 4.98 Å². The number of aromatic nitrogens is 2. The quantitative estimate of drug-likeness (QED) is 0.563. The van der Waals surface area contributed by atoms with Crippen molar-refractivity contribution in [1.82, 2.24) is 15.3 Å². The van der Waals surface area contributed by atoms with E-state index in [1.165, 1.54) is 12.8 Å². The third-order valence-electron chi connectivity index (χ3n) is 3.28. The molecule has 0 saturated carbocycles. The van der Waals surface area contributed by atoms with Gasteiger partial charge >= 0.3 is 0 Å². The zero-order valence-corrected chi connectivity index (χ0v) is 11.7. The fourth-order valence-corrected chi connectivity index (χ4v) is 2.81. The fourth-order valence-electron chi connectivity index (χ4n) is 2.12. The molecule has 2 heterocycles. The Kier molecular flexibility index (Phi) is 4.96. The lowest BCUT2D eigenvalue weighted by Gasteiger charge is -2.12. The van der Waals surface area contributed by atoms with Crippen molar-refractivity contribution in [2.75, 3.05) is 6.54 Å². The number of allylic oxidation sites excluding steroid dienone is 1. The number of hydrogen-bond acceptors (Lipinski definition) is 3. The van der Waals surface area contributed by atoms with Crippen LogP contribution in [0, 0.1) is 5.92 Å². The number of imidazole rings is 1. The van der Waals surface area contributed by atoms with Crippen LogP contribution in [0.5, 0.6) is 0 Å². The molecule has 0 aliphatic carbocycles. The maximum Gasteiger partial charge on any atom is 0.121 e. The van der Waals surface area contributed by atoms with Gasteiger partial charge in [-0.05, 0) is 25.3 Å². The van der Waals surface area contributed by atoms with Crippen molar-refractivity contribution in [3.05, 3.63) is 29.2 Å². The standard InChI is InChI=1S/C14H21N3S/c1-3-5-11(4-2)6-7-15-8-14-16-12-9-18-10-13(12)17-14/h3,9-11,15H,1,4-8H2,2H3,(H,16,17). The normalized spacial score (nSPS) is 12.9. The second-order valence-electron chi connectivity index (χ2n) is 4.62. The van der Waals surface area contributed by atoms with Crippen LogP contribution in [0.4, 0.5) is 0 Å². The van der Waals surface area contributed by atoms with Crippen molar-refractivity contribution < 1.29 is 0 Å². The molecule has 0 fully saturated rings. The van der Waals surface area contributed by atoms with E-state index >= 15 is 0 Å². The summed E-state index contributed by atoms with van der Waals surface area (Å²) >= 11 is 1.69. The zero-order valence-electron chi connectivity index (χ0n) is 10.9. The lowest BCUT2D eigenvalue weighted by molar-refractivity contribution is 0.454. The Morgan fingerprint density at radius 2 is 2.44 bits per heavy atom. The molecule has 0 spiro atoms. The topological polar surface area (TPSA) is 40.7 Å². The van der Waals surface area contributed by atoms with Crippen molar-refractivity contribution in [3.63, 3.8) is 0 Å². The Morgan fingerprint density at radius 3 is 3.17 bits per heavy atom. The van der Waals surface area contributed by atoms with Crippen molar-refractivity contribution >= 4 is 22.4 Å². The van der Waals surface area contributed by atoms with Gasteiger partial charge in [0.15, 0.2) is 0 Å². The minimum Gasteiger partial charge on any atom is -0.340 e. The number of rotatable bonds is 8. The maximum atomic E-state index is 4.52. The molecule has 2 aromatic heterocycles. The Bertz CT molecular complexity index is 457. The number of thiophene rings is 1. The van der Waals surface area contributed by atoms with Crippen LogP contribution < -0.4 is 5.32 Å². The molecule has 1 atom stereocenters. The smallest absolute Gasteiger partial charge is 0.121 e. The number of nitrogens with one attached hydrogen (secondary N) is 2. The summed E-state index contributed by atoms with van der Waals surface area (Å²) < 4.78 is 0. The molecule has 2 N–H and O–H groups in total. The van der Waals surface area contributed by atoms with Crippen LogP contribution in [0.25, 0.3) is 11.0 Å². The molecule has 0 saturated heterocycles. The average molecular weight is 263 g/mol. The number of H-pyrrole nitrogens is 1. The molecule has 0 aliphatic heterocycles. The first-order chi connectivity index (χ1) is 8.83. The summed E-state index contributed by atoms with van der Waals surface area (Å²) in [7, 11) is 0. The predicted molar refractivity (Wildman–Crippen MR) is 78.9 cm³/mol. The van der Waals surface area contributed by atoms with Crippen LogP contribution in [-0.2, 0) is 6.54 Å². The molecule has 3 nitrogen and oxygen atoms in total. The van der Waals surface area contributed by atoms with Crippen LogP contribution in [0.3, 0.4) is 0 Å². The Morgan fingerprint density at radius 1 is 1.56 bits per heavy atom. The first-order valence-electron chi connectivity index (χ1n) is 6.55. The van der Waals surface area contributed by atoms with Crippen LogP contribution in [0.15, 0.2) is 23.4 Å². The van der Waals surface area contributed by atoms with Gasteiger partial charge < -0.3 is 10.3 Å². The number of nitrogens with zero attached hydrogens (tertiary/aromatic N) is 1. The van der Waals surface area contributed by atoms with Crippen LogP contribution in [0.1, 0.15) is 32.0 Å². The van der Waals surface area contributed by atoms with E-state index in [0.29, 0.717) is 0 Å². The number of aromatic amines is 1. The summed E-state index contributed by atoms with van der Waals surface area (Å²) in [4.78, 5) is 7.85. The van der Waals surface area contributed by atoms with Crippen LogP contribution in [0.2, 0.25) is 0 Å². The van der Waals surface area contributed by atoms with E-state index in [2.05, 4.69) is 39.5 Å². The fraction of sp³-hybridized carbons (Fsp3) is 0.500. The van der Waals surface area contributed by atoms with E-state index in [-0.39, 0.29) is 0 Å². The molecule has 0 aliphatic rings. The lowest BCUT2D eigenvalue weighted by Crippen LogP contribution is -2.18. The van der Waals surface area contributed by atoms with E-state index in [4.69, 9.17) is 0 Å². The summed E-state index contributed by atoms with van der Waals surface area (Å²) in [5.74, 6) is 1.79. The van der Waals surface area contributed by atoms with Crippen molar-refractivity contribution in [2.45, 2.75) is 32.7 Å². The third kappa shape index (κ3) is 3.43. The van der Waals surface area contributed by atoms with Gasteiger partial charge in [0.05, 0.1) is 17.6 Å². The molecule has 4 heteroatoms. The average Bonchev–Trinajstić information content (AvgIpc) is 2.93. The zero-order chi connectivity index (χ0) is 12.8. The highest BCUT2D eigenvalue weighted by molar-refractivity contribution is 7.09. The maximum absolute atomic E-state index is 4.52. The van der Waals surface area contributed by atoms with Gasteiger partial charge in [-0.1, -0.05) is 19.4 Å². The summed E-state index contributed by atoms with van der Waals surface area (Å²) in [5.41, 5.74) is 2.23. The molecule has 98 valence electrons. The molecule has 0 bridgehead atoms. The van der Waals surface area contributed by atoms with E-state index in [0.717, 1.165) is 42.3 Å². The highest BCUT2D eigenvalue weighted by Crippen LogP contribution is 2.16. The highest BCUT2D eigenvalue weighted by Gasteiger charge is 2.05. The van der Waals surface area contributed by atoms with Crippen molar-refractivity contribution in [1.29, 1.82) is 0 Å². The highest BCUT2D eigenvalue weighted by atomic mass is 32.1. The monoisotopic (exact) mass is 263 g/mol. The van der Waals surface area contributed by atoms with Gasteiger partial charge in [0.2, 0.25) is 0 Å². The molecule has 0 aromatic carbocycles. The molecular weight excluding hydrogens is 242 g/mol. The Hall–Kier alpha value is -1.13. The molecule has 0 radical (unpaired) electrons. The molecule has 1 unspecified atom stereocenters. The SMILES string of the molecule is C=CCC(CC)CCNCc1nc2cscc2[nH]1. The number of hydrogen-bond donors (Lipinski definition) is 2. The minimum atomic E-state index is 0.759. The van der Waals surface area contributed by atoms with E-state index in [1.807, 2.05) is 6.08 Å². The van der Waals surface area contributed by atoms with Gasteiger partial charge in [0, 0.05) is 10.8 Å². The Balaban J connectivity index is 1.72. The predicted octanol–water partition coefficient (Wildman–Crippen LogP) is 3.71. The Labute approximate surface area is 112 Å². The first kappa shape index (κ1) is 13.3. The van der Waals surface area contributed by atoms with E-state index in [1.54, 1.807) is 11.3 Å². The molecule has 0 amide bonds. The minimum absolute atomic E-state index is 0.759. The molecular formula is C14H21N3S. The van der Waals surface area contributed by atoms with Gasteiger partial charge in [-0.3, -0.25) is 0 Å². The van der Waals surface area contributed by atoms with Gasteiger partial charge in [0.1, 0.15) is 5.82 Å². The van der Waals surface area contributed by atoms with E-state index < -0.39 is 0 Å². The van der Waals surface area contributed by atoms with Gasteiger partial charge in [-0.15, -0.1) is 17.9 Å². The van der Waals surface area contributed by atoms with Gasteiger partial charge in [-0.2, -0.15) is 0 Å². The summed E-state index contributed by atoms with van der Waals surface area (Å²) in [5, 5.41) is 7.63. The second kappa shape index (κ2) is 6.71. The molecule has 18 heavy (non-hydrogen) atoms. The number of fused-ring (bicyclic) bond motifs is 1. The molecule has 2 aromatic rings. The summed E-state index contributed by atoms with van der Waals surface area (Å²) in [6.45, 7) is 7.92. The summed E-state index contributed by atoms with van der Waals surface area (Å²) in [6.07, 6.45) is 5.57. The summed E-state index contributed by atoms with van der Waals surface area (Å²) in [6, 6.07) is 0. The second-order valence-corrected chi connectivity index (χ2v) is 5.36. The van der Waals surface area contributed by atoms with Crippen LogP contribution >= 0.6 is 11.3 Å². The van der Waals surface area contributed by atoms with Gasteiger partial charge in [0.25, 0.3) is 0 Å². The van der Waals surface area contributed by atoms with Crippen molar-refractivity contribution in [3.8, 4) is 0 Å². The van der Waals surface area contributed by atoms with Crippen molar-refractivity contribution in [2.24, 2.45) is 5.92 Å². The lowest BCUT2D eigenvalue weighted by atomic mass is 9.99. The van der Waals surface area contributed by atoms with E-state index in [9.17, 15) is 0 Å². The molecule has 2 rings (SSSR count).